The van der Waals surface area contributed by atoms with Crippen molar-refractivity contribution in [2.45, 2.75) is 6.10 Å². The highest BCUT2D eigenvalue weighted by Gasteiger charge is 2.13. The first-order chi connectivity index (χ1) is 12.2. The minimum Gasteiger partial charge on any atom is -0.381 e. The molecule has 3 aromatic rings. The average molecular weight is 331 g/mol. The standard InChI is InChI=1S/C21H17NO3/c23-14-20(24)16-10-12-17(13-11-16)22-21(25)19-9-5-4-8-18(19)15-6-2-1-3-7-15/h1-14,20,24H,(H,22,25). The van der Waals surface area contributed by atoms with E-state index in [-0.39, 0.29) is 5.91 Å². The molecule has 0 aliphatic carbocycles. The summed E-state index contributed by atoms with van der Waals surface area (Å²) in [5.74, 6) is -0.219. The molecule has 124 valence electrons. The van der Waals surface area contributed by atoms with Gasteiger partial charge < -0.3 is 15.2 Å². The molecular formula is C21H17NO3. The number of nitrogens with one attached hydrogen (secondary N) is 1. The molecule has 0 aliphatic heterocycles. The van der Waals surface area contributed by atoms with Crippen molar-refractivity contribution in [3.63, 3.8) is 0 Å². The van der Waals surface area contributed by atoms with Crippen LogP contribution >= 0.6 is 0 Å². The van der Waals surface area contributed by atoms with Gasteiger partial charge in [0.25, 0.3) is 5.91 Å². The average Bonchev–Trinajstić information content (AvgIpc) is 2.68. The molecule has 3 rings (SSSR count). The van der Waals surface area contributed by atoms with Crippen LogP contribution in [0, 0.1) is 0 Å². The number of anilines is 1. The van der Waals surface area contributed by atoms with Crippen molar-refractivity contribution >= 4 is 17.9 Å². The quantitative estimate of drug-likeness (QED) is 0.698. The second kappa shape index (κ2) is 7.55. The molecule has 0 heterocycles. The summed E-state index contributed by atoms with van der Waals surface area (Å²) in [5.41, 5.74) is 3.48. The molecule has 4 heteroatoms. The normalized spacial score (nSPS) is 11.6. The molecule has 0 radical (unpaired) electrons. The second-order valence-electron chi connectivity index (χ2n) is 5.57. The number of carbonyl (C=O) groups excluding carboxylic acids is 2. The van der Waals surface area contributed by atoms with Crippen LogP contribution < -0.4 is 5.32 Å². The predicted molar refractivity (Wildman–Crippen MR) is 97.3 cm³/mol. The van der Waals surface area contributed by atoms with Gasteiger partial charge in [-0.05, 0) is 34.9 Å². The van der Waals surface area contributed by atoms with E-state index in [0.717, 1.165) is 11.1 Å². The number of aliphatic hydroxyl groups excluding tert-OH is 1. The first kappa shape index (κ1) is 16.6. The Morgan fingerprint density at radius 3 is 2.20 bits per heavy atom. The minimum atomic E-state index is -1.15. The molecule has 0 aliphatic rings. The van der Waals surface area contributed by atoms with Crippen LogP contribution in [-0.2, 0) is 4.79 Å². The van der Waals surface area contributed by atoms with Crippen molar-refractivity contribution in [2.75, 3.05) is 5.32 Å². The number of aldehydes is 1. The Hall–Kier alpha value is -3.24. The summed E-state index contributed by atoms with van der Waals surface area (Å²) in [4.78, 5) is 23.3. The Morgan fingerprint density at radius 2 is 1.52 bits per heavy atom. The van der Waals surface area contributed by atoms with Gasteiger partial charge in [0, 0.05) is 11.3 Å². The van der Waals surface area contributed by atoms with Crippen molar-refractivity contribution in [1.82, 2.24) is 0 Å². The van der Waals surface area contributed by atoms with Gasteiger partial charge in [0.05, 0.1) is 0 Å². The van der Waals surface area contributed by atoms with Crippen LogP contribution in [-0.4, -0.2) is 17.3 Å². The molecule has 4 nitrogen and oxygen atoms in total. The van der Waals surface area contributed by atoms with Crippen molar-refractivity contribution in [2.24, 2.45) is 0 Å². The van der Waals surface area contributed by atoms with Gasteiger partial charge in [-0.25, -0.2) is 0 Å². The third-order valence-electron chi connectivity index (χ3n) is 3.90. The lowest BCUT2D eigenvalue weighted by Gasteiger charge is -2.11. The highest BCUT2D eigenvalue weighted by molar-refractivity contribution is 6.08. The third kappa shape index (κ3) is 3.82. The first-order valence-corrected chi connectivity index (χ1v) is 7.88. The molecule has 0 spiro atoms. The van der Waals surface area contributed by atoms with Crippen LogP contribution in [0.3, 0.4) is 0 Å². The Kier molecular flexibility index (Phi) is 5.02. The molecule has 1 unspecified atom stereocenters. The lowest BCUT2D eigenvalue weighted by atomic mass is 9.99. The molecule has 1 atom stereocenters. The van der Waals surface area contributed by atoms with E-state index in [4.69, 9.17) is 0 Å². The lowest BCUT2D eigenvalue weighted by molar-refractivity contribution is -0.115. The van der Waals surface area contributed by atoms with E-state index < -0.39 is 6.10 Å². The van der Waals surface area contributed by atoms with E-state index in [9.17, 15) is 14.7 Å². The molecule has 2 N–H and O–H groups in total. The molecular weight excluding hydrogens is 314 g/mol. The third-order valence-corrected chi connectivity index (χ3v) is 3.90. The summed E-state index contributed by atoms with van der Waals surface area (Å²) in [6.07, 6.45) is -0.687. The number of hydrogen-bond acceptors (Lipinski definition) is 3. The zero-order chi connectivity index (χ0) is 17.6. The van der Waals surface area contributed by atoms with Gasteiger partial charge in [-0.1, -0.05) is 60.7 Å². The molecule has 0 bridgehead atoms. The van der Waals surface area contributed by atoms with Crippen LogP contribution in [0.4, 0.5) is 5.69 Å². The fraction of sp³-hybridized carbons (Fsp3) is 0.0476. The van der Waals surface area contributed by atoms with Crippen LogP contribution in [0.2, 0.25) is 0 Å². The van der Waals surface area contributed by atoms with Gasteiger partial charge in [0.2, 0.25) is 0 Å². The molecule has 3 aromatic carbocycles. The highest BCUT2D eigenvalue weighted by atomic mass is 16.3. The van der Waals surface area contributed by atoms with E-state index in [1.54, 1.807) is 30.3 Å². The minimum absolute atomic E-state index is 0.219. The van der Waals surface area contributed by atoms with Gasteiger partial charge in [0.1, 0.15) is 6.10 Å². The Labute approximate surface area is 145 Å². The van der Waals surface area contributed by atoms with E-state index in [0.29, 0.717) is 23.1 Å². The van der Waals surface area contributed by atoms with E-state index in [1.807, 2.05) is 48.5 Å². The predicted octanol–water partition coefficient (Wildman–Crippen LogP) is 3.84. The van der Waals surface area contributed by atoms with Crippen molar-refractivity contribution in [3.05, 3.63) is 90.0 Å². The SMILES string of the molecule is O=CC(O)c1ccc(NC(=O)c2ccccc2-c2ccccc2)cc1. The molecule has 1 amide bonds. The van der Waals surface area contributed by atoms with Gasteiger partial charge in [-0.3, -0.25) is 4.79 Å². The number of hydrogen-bond donors (Lipinski definition) is 2. The van der Waals surface area contributed by atoms with Gasteiger partial charge >= 0.3 is 0 Å². The summed E-state index contributed by atoms with van der Waals surface area (Å²) in [6.45, 7) is 0. The summed E-state index contributed by atoms with van der Waals surface area (Å²) in [6, 6.07) is 23.7. The maximum atomic E-state index is 12.7. The van der Waals surface area contributed by atoms with Crippen LogP contribution in [0.15, 0.2) is 78.9 Å². The zero-order valence-electron chi connectivity index (χ0n) is 13.4. The number of aliphatic hydroxyl groups is 1. The van der Waals surface area contributed by atoms with E-state index >= 15 is 0 Å². The van der Waals surface area contributed by atoms with Gasteiger partial charge in [-0.2, -0.15) is 0 Å². The maximum absolute atomic E-state index is 12.7. The topological polar surface area (TPSA) is 66.4 Å². The fourth-order valence-corrected chi connectivity index (χ4v) is 2.59. The van der Waals surface area contributed by atoms with Crippen molar-refractivity contribution < 1.29 is 14.7 Å². The summed E-state index contributed by atoms with van der Waals surface area (Å²) >= 11 is 0. The Morgan fingerprint density at radius 1 is 0.880 bits per heavy atom. The molecule has 0 saturated heterocycles. The van der Waals surface area contributed by atoms with Crippen molar-refractivity contribution in [1.29, 1.82) is 0 Å². The Balaban J connectivity index is 1.84. The summed E-state index contributed by atoms with van der Waals surface area (Å²) < 4.78 is 0. The van der Waals surface area contributed by atoms with Crippen LogP contribution in [0.5, 0.6) is 0 Å². The van der Waals surface area contributed by atoms with Gasteiger partial charge in [-0.15, -0.1) is 0 Å². The van der Waals surface area contributed by atoms with Gasteiger partial charge in [0.15, 0.2) is 6.29 Å². The lowest BCUT2D eigenvalue weighted by Crippen LogP contribution is -2.13. The number of carbonyl (C=O) groups is 2. The Bertz CT molecular complexity index is 873. The molecule has 0 fully saturated rings. The number of benzene rings is 3. The maximum Gasteiger partial charge on any atom is 0.256 e. The fourth-order valence-electron chi connectivity index (χ4n) is 2.59. The van der Waals surface area contributed by atoms with Crippen molar-refractivity contribution in [3.8, 4) is 11.1 Å². The highest BCUT2D eigenvalue weighted by Crippen LogP contribution is 2.24. The van der Waals surface area contributed by atoms with E-state index in [2.05, 4.69) is 5.32 Å². The smallest absolute Gasteiger partial charge is 0.256 e. The second-order valence-corrected chi connectivity index (χ2v) is 5.57. The first-order valence-electron chi connectivity index (χ1n) is 7.88. The summed E-state index contributed by atoms with van der Waals surface area (Å²) in [5, 5.41) is 12.3. The van der Waals surface area contributed by atoms with Crippen LogP contribution in [0.25, 0.3) is 11.1 Å². The largest absolute Gasteiger partial charge is 0.381 e. The van der Waals surface area contributed by atoms with Crippen LogP contribution in [0.1, 0.15) is 22.0 Å². The van der Waals surface area contributed by atoms with E-state index in [1.165, 1.54) is 0 Å². The molecule has 25 heavy (non-hydrogen) atoms. The number of rotatable bonds is 5. The zero-order valence-corrected chi connectivity index (χ0v) is 13.4. The molecule has 0 aromatic heterocycles. The number of amides is 1. The summed E-state index contributed by atoms with van der Waals surface area (Å²) in [7, 11) is 0. The molecule has 0 saturated carbocycles. The monoisotopic (exact) mass is 331 g/mol.